The van der Waals surface area contributed by atoms with E-state index < -0.39 is 0 Å². The number of nitrogens with zero attached hydrogens (tertiary/aromatic N) is 7. The second kappa shape index (κ2) is 5.94. The Balaban J connectivity index is 1.60. The third-order valence-corrected chi connectivity index (χ3v) is 4.75. The molecule has 8 nitrogen and oxygen atoms in total. The molecular weight excluding hydrogens is 318 g/mol. The van der Waals surface area contributed by atoms with Crippen molar-refractivity contribution in [1.29, 1.82) is 0 Å². The van der Waals surface area contributed by atoms with Crippen LogP contribution in [0.2, 0.25) is 0 Å². The lowest BCUT2D eigenvalue weighted by Gasteiger charge is -2.33. The molecule has 1 unspecified atom stereocenters. The number of carbonyl (C=O) groups is 1. The monoisotopic (exact) mass is 339 g/mol. The van der Waals surface area contributed by atoms with Gasteiger partial charge in [0.15, 0.2) is 0 Å². The molecule has 1 amide bonds. The van der Waals surface area contributed by atoms with Gasteiger partial charge in [0.25, 0.3) is 11.7 Å². The van der Waals surface area contributed by atoms with Crippen LogP contribution in [0, 0.1) is 20.8 Å². The van der Waals surface area contributed by atoms with Crippen LogP contribution in [0.25, 0.3) is 5.78 Å². The maximum absolute atomic E-state index is 12.9. The lowest BCUT2D eigenvalue weighted by atomic mass is 10.1. The van der Waals surface area contributed by atoms with Gasteiger partial charge >= 0.3 is 0 Å². The minimum Gasteiger partial charge on any atom is -0.334 e. The molecule has 4 rings (SSSR count). The average molecular weight is 339 g/mol. The third kappa shape index (κ3) is 2.77. The second-order valence-corrected chi connectivity index (χ2v) is 6.62. The molecule has 0 radical (unpaired) electrons. The first-order valence-corrected chi connectivity index (χ1v) is 8.52. The summed E-state index contributed by atoms with van der Waals surface area (Å²) in [4.78, 5) is 27.7. The molecule has 0 spiro atoms. The van der Waals surface area contributed by atoms with Gasteiger partial charge < -0.3 is 9.47 Å². The first kappa shape index (κ1) is 15.7. The van der Waals surface area contributed by atoms with E-state index in [0.717, 1.165) is 36.6 Å². The number of carbonyl (C=O) groups excluding carboxylic acids is 1. The van der Waals surface area contributed by atoms with Crippen LogP contribution in [0.5, 0.6) is 0 Å². The standard InChI is InChI=1S/C17H21N7O/c1-11-9-12(2)24-17(19-11)20-15(21-24)16(25)22-7-4-5-14(10-22)23-8-6-18-13(23)3/h6,8-9,14H,4-5,7,10H2,1-3H3. The van der Waals surface area contributed by atoms with Crippen molar-refractivity contribution >= 4 is 11.7 Å². The molecule has 130 valence electrons. The highest BCUT2D eigenvalue weighted by Crippen LogP contribution is 2.23. The number of imidazole rings is 1. The summed E-state index contributed by atoms with van der Waals surface area (Å²) >= 11 is 0. The largest absolute Gasteiger partial charge is 0.334 e. The summed E-state index contributed by atoms with van der Waals surface area (Å²) in [5.41, 5.74) is 1.78. The molecule has 3 aromatic rings. The highest BCUT2D eigenvalue weighted by molar-refractivity contribution is 5.91. The predicted molar refractivity (Wildman–Crippen MR) is 91.4 cm³/mol. The summed E-state index contributed by atoms with van der Waals surface area (Å²) in [5.74, 6) is 1.52. The van der Waals surface area contributed by atoms with Crippen molar-refractivity contribution in [3.8, 4) is 0 Å². The highest BCUT2D eigenvalue weighted by Gasteiger charge is 2.28. The van der Waals surface area contributed by atoms with Crippen LogP contribution in [0.4, 0.5) is 0 Å². The quantitative estimate of drug-likeness (QED) is 0.710. The summed E-state index contributed by atoms with van der Waals surface area (Å²) in [6.07, 6.45) is 5.78. The zero-order chi connectivity index (χ0) is 17.6. The number of aryl methyl sites for hydroxylation is 3. The molecule has 25 heavy (non-hydrogen) atoms. The minimum atomic E-state index is -0.134. The Morgan fingerprint density at radius 2 is 2.08 bits per heavy atom. The van der Waals surface area contributed by atoms with Gasteiger partial charge in [-0.05, 0) is 39.7 Å². The summed E-state index contributed by atoms with van der Waals surface area (Å²) < 4.78 is 3.77. The van der Waals surface area contributed by atoms with Gasteiger partial charge in [0, 0.05) is 36.9 Å². The molecule has 1 aliphatic heterocycles. The number of likely N-dealkylation sites (tertiary alicyclic amines) is 1. The van der Waals surface area contributed by atoms with Gasteiger partial charge in [0.2, 0.25) is 5.82 Å². The molecule has 0 aliphatic carbocycles. The maximum Gasteiger partial charge on any atom is 0.293 e. The van der Waals surface area contributed by atoms with Crippen LogP contribution in [0.1, 0.15) is 46.7 Å². The molecular formula is C17H21N7O. The molecule has 3 aromatic heterocycles. The van der Waals surface area contributed by atoms with E-state index in [1.165, 1.54) is 0 Å². The van der Waals surface area contributed by atoms with Gasteiger partial charge in [0.05, 0.1) is 6.04 Å². The van der Waals surface area contributed by atoms with Gasteiger partial charge in [-0.2, -0.15) is 4.98 Å². The lowest BCUT2D eigenvalue weighted by molar-refractivity contribution is 0.0666. The third-order valence-electron chi connectivity index (χ3n) is 4.75. The summed E-state index contributed by atoms with van der Waals surface area (Å²) in [7, 11) is 0. The fourth-order valence-electron chi connectivity index (χ4n) is 3.54. The fourth-order valence-corrected chi connectivity index (χ4v) is 3.54. The van der Waals surface area contributed by atoms with Gasteiger partial charge in [0.1, 0.15) is 5.82 Å². The van der Waals surface area contributed by atoms with Crippen molar-refractivity contribution in [2.24, 2.45) is 0 Å². The van der Waals surface area contributed by atoms with E-state index in [0.29, 0.717) is 12.3 Å². The topological polar surface area (TPSA) is 81.2 Å². The molecule has 0 aromatic carbocycles. The van der Waals surface area contributed by atoms with E-state index >= 15 is 0 Å². The summed E-state index contributed by atoms with van der Waals surface area (Å²) in [6.45, 7) is 7.21. The first-order chi connectivity index (χ1) is 12.0. The minimum absolute atomic E-state index is 0.134. The van der Waals surface area contributed by atoms with Crippen molar-refractivity contribution < 1.29 is 4.79 Å². The van der Waals surface area contributed by atoms with E-state index in [-0.39, 0.29) is 17.8 Å². The highest BCUT2D eigenvalue weighted by atomic mass is 16.2. The van der Waals surface area contributed by atoms with E-state index in [2.05, 4.69) is 24.6 Å². The molecule has 1 fully saturated rings. The molecule has 4 heterocycles. The van der Waals surface area contributed by atoms with Crippen molar-refractivity contribution in [2.75, 3.05) is 13.1 Å². The van der Waals surface area contributed by atoms with E-state index in [1.807, 2.05) is 37.9 Å². The maximum atomic E-state index is 12.9. The number of aromatic nitrogens is 6. The zero-order valence-electron chi connectivity index (χ0n) is 14.7. The van der Waals surface area contributed by atoms with Crippen LogP contribution in [-0.2, 0) is 0 Å². The van der Waals surface area contributed by atoms with E-state index in [9.17, 15) is 4.79 Å². The van der Waals surface area contributed by atoms with Gasteiger partial charge in [-0.1, -0.05) is 0 Å². The van der Waals surface area contributed by atoms with Crippen LogP contribution < -0.4 is 0 Å². The lowest BCUT2D eigenvalue weighted by Crippen LogP contribution is -2.41. The Morgan fingerprint density at radius 1 is 1.24 bits per heavy atom. The van der Waals surface area contributed by atoms with Crippen molar-refractivity contribution in [3.05, 3.63) is 41.5 Å². The number of hydrogen-bond acceptors (Lipinski definition) is 5. The second-order valence-electron chi connectivity index (χ2n) is 6.62. The number of fused-ring (bicyclic) bond motifs is 1. The Kier molecular flexibility index (Phi) is 3.74. The van der Waals surface area contributed by atoms with Crippen LogP contribution in [-0.4, -0.2) is 53.0 Å². The van der Waals surface area contributed by atoms with Gasteiger partial charge in [-0.25, -0.2) is 14.5 Å². The van der Waals surface area contributed by atoms with E-state index in [4.69, 9.17) is 0 Å². The van der Waals surface area contributed by atoms with Crippen LogP contribution in [0.15, 0.2) is 18.5 Å². The SMILES string of the molecule is Cc1cc(C)n2nc(C(=O)N3CCCC(n4ccnc4C)C3)nc2n1. The first-order valence-electron chi connectivity index (χ1n) is 8.52. The van der Waals surface area contributed by atoms with Crippen molar-refractivity contribution in [1.82, 2.24) is 34.0 Å². The van der Waals surface area contributed by atoms with Gasteiger partial charge in [-0.3, -0.25) is 4.79 Å². The molecule has 0 saturated carbocycles. The van der Waals surface area contributed by atoms with Crippen LogP contribution in [0.3, 0.4) is 0 Å². The fraction of sp³-hybridized carbons (Fsp3) is 0.471. The normalized spacial score (nSPS) is 18.0. The Labute approximate surface area is 145 Å². The molecule has 0 N–H and O–H groups in total. The van der Waals surface area contributed by atoms with Crippen LogP contribution >= 0.6 is 0 Å². The molecule has 0 bridgehead atoms. The molecule has 1 saturated heterocycles. The van der Waals surface area contributed by atoms with E-state index in [1.54, 1.807) is 10.7 Å². The van der Waals surface area contributed by atoms with Crippen molar-refractivity contribution in [3.63, 3.8) is 0 Å². The molecule has 1 aliphatic rings. The number of hydrogen-bond donors (Lipinski definition) is 0. The number of piperidine rings is 1. The smallest absolute Gasteiger partial charge is 0.293 e. The summed E-state index contributed by atoms with van der Waals surface area (Å²) in [5, 5.41) is 4.37. The summed E-state index contributed by atoms with van der Waals surface area (Å²) in [6, 6.07) is 2.17. The number of amides is 1. The zero-order valence-corrected chi connectivity index (χ0v) is 14.7. The van der Waals surface area contributed by atoms with Crippen molar-refractivity contribution in [2.45, 2.75) is 39.7 Å². The Morgan fingerprint density at radius 3 is 2.84 bits per heavy atom. The Hall–Kier alpha value is -2.77. The molecule has 8 heteroatoms. The Bertz CT molecular complexity index is 942. The predicted octanol–water partition coefficient (Wildman–Crippen LogP) is 1.72. The average Bonchev–Trinajstić information content (AvgIpc) is 3.20. The number of rotatable bonds is 2. The van der Waals surface area contributed by atoms with Gasteiger partial charge in [-0.15, -0.1) is 5.10 Å². The molecule has 1 atom stereocenters.